The van der Waals surface area contributed by atoms with Gasteiger partial charge in [0.15, 0.2) is 5.82 Å². The highest BCUT2D eigenvalue weighted by Crippen LogP contribution is 2.27. The molecule has 1 aromatic carbocycles. The monoisotopic (exact) mass is 467 g/mol. The normalized spacial score (nSPS) is 15.5. The molecule has 1 N–H and O–H groups in total. The molecular formula is C24H29N5O3S. The molecule has 8 nitrogen and oxygen atoms in total. The van der Waals surface area contributed by atoms with Gasteiger partial charge in [-0.3, -0.25) is 4.79 Å². The van der Waals surface area contributed by atoms with Crippen LogP contribution in [0.4, 0.5) is 5.69 Å². The van der Waals surface area contributed by atoms with Gasteiger partial charge in [0, 0.05) is 24.7 Å². The zero-order chi connectivity index (χ0) is 23.8. The molecular weight excluding hydrogens is 438 g/mol. The molecule has 0 bridgehead atoms. The summed E-state index contributed by atoms with van der Waals surface area (Å²) in [4.78, 5) is 17.5. The average molecular weight is 468 g/mol. The fourth-order valence-electron chi connectivity index (χ4n) is 4.28. The van der Waals surface area contributed by atoms with Crippen molar-refractivity contribution in [3.05, 3.63) is 65.1 Å². The minimum absolute atomic E-state index is 0.112. The molecule has 174 valence electrons. The molecule has 0 aliphatic carbocycles. The number of carbonyl (C=O) groups is 1. The predicted octanol–water partition coefficient (Wildman–Crippen LogP) is 3.54. The summed E-state index contributed by atoms with van der Waals surface area (Å²) in [6.07, 6.45) is 2.57. The van der Waals surface area contributed by atoms with Crippen LogP contribution >= 0.6 is 0 Å². The van der Waals surface area contributed by atoms with E-state index in [0.29, 0.717) is 42.3 Å². The van der Waals surface area contributed by atoms with Gasteiger partial charge in [-0.05, 0) is 70.4 Å². The van der Waals surface area contributed by atoms with E-state index in [4.69, 9.17) is 0 Å². The first-order chi connectivity index (χ1) is 15.6. The summed E-state index contributed by atoms with van der Waals surface area (Å²) in [5.74, 6) is 0.328. The van der Waals surface area contributed by atoms with Crippen molar-refractivity contribution in [1.82, 2.24) is 19.1 Å². The van der Waals surface area contributed by atoms with Crippen LogP contribution in [0.2, 0.25) is 0 Å². The Morgan fingerprint density at radius 2 is 1.76 bits per heavy atom. The van der Waals surface area contributed by atoms with Crippen LogP contribution in [-0.2, 0) is 14.8 Å². The molecule has 4 rings (SSSR count). The van der Waals surface area contributed by atoms with E-state index in [1.54, 1.807) is 23.0 Å². The Morgan fingerprint density at radius 3 is 2.33 bits per heavy atom. The number of amides is 1. The third kappa shape index (κ3) is 4.84. The van der Waals surface area contributed by atoms with Crippen LogP contribution in [0.5, 0.6) is 0 Å². The van der Waals surface area contributed by atoms with E-state index in [2.05, 4.69) is 15.4 Å². The summed E-state index contributed by atoms with van der Waals surface area (Å²) in [6.45, 7) is 8.29. The molecule has 2 aromatic heterocycles. The Labute approximate surface area is 194 Å². The Hall–Kier alpha value is -3.04. The van der Waals surface area contributed by atoms with Gasteiger partial charge in [0.2, 0.25) is 15.9 Å². The number of aromatic nitrogens is 3. The molecule has 3 aromatic rings. The lowest BCUT2D eigenvalue weighted by Crippen LogP contribution is -2.41. The molecule has 1 fully saturated rings. The predicted molar refractivity (Wildman–Crippen MR) is 127 cm³/mol. The van der Waals surface area contributed by atoms with Crippen LogP contribution in [0.1, 0.15) is 35.4 Å². The number of rotatable bonds is 5. The third-order valence-electron chi connectivity index (χ3n) is 6.01. The first-order valence-corrected chi connectivity index (χ1v) is 12.5. The van der Waals surface area contributed by atoms with Crippen molar-refractivity contribution in [3.8, 4) is 5.82 Å². The number of anilines is 1. The topological polar surface area (TPSA) is 97.2 Å². The summed E-state index contributed by atoms with van der Waals surface area (Å²) in [5.41, 5.74) is 4.28. The van der Waals surface area contributed by atoms with Crippen LogP contribution in [0.15, 0.2) is 47.5 Å². The second-order valence-electron chi connectivity index (χ2n) is 8.68. The van der Waals surface area contributed by atoms with Gasteiger partial charge in [-0.2, -0.15) is 9.40 Å². The number of piperidine rings is 1. The summed E-state index contributed by atoms with van der Waals surface area (Å²) >= 11 is 0. The molecule has 3 heterocycles. The number of nitrogens with one attached hydrogen (secondary N) is 1. The van der Waals surface area contributed by atoms with Crippen molar-refractivity contribution in [2.75, 3.05) is 18.4 Å². The second kappa shape index (κ2) is 9.07. The largest absolute Gasteiger partial charge is 0.324 e. The fraction of sp³-hybridized carbons (Fsp3) is 0.375. The highest BCUT2D eigenvalue weighted by atomic mass is 32.2. The minimum Gasteiger partial charge on any atom is -0.324 e. The van der Waals surface area contributed by atoms with Crippen molar-refractivity contribution < 1.29 is 13.2 Å². The smallest absolute Gasteiger partial charge is 0.243 e. The molecule has 33 heavy (non-hydrogen) atoms. The Balaban J connectivity index is 1.37. The van der Waals surface area contributed by atoms with Crippen molar-refractivity contribution in [1.29, 1.82) is 0 Å². The van der Waals surface area contributed by atoms with Crippen molar-refractivity contribution in [3.63, 3.8) is 0 Å². The summed E-state index contributed by atoms with van der Waals surface area (Å²) < 4.78 is 29.4. The average Bonchev–Trinajstić information content (AvgIpc) is 3.12. The molecule has 1 aliphatic heterocycles. The molecule has 0 spiro atoms. The van der Waals surface area contributed by atoms with Gasteiger partial charge in [-0.15, -0.1) is 0 Å². The molecule has 1 saturated heterocycles. The number of nitrogens with zero attached hydrogens (tertiary/aromatic N) is 4. The van der Waals surface area contributed by atoms with E-state index < -0.39 is 10.0 Å². The van der Waals surface area contributed by atoms with Crippen molar-refractivity contribution in [2.45, 2.75) is 45.4 Å². The number of carbonyl (C=O) groups excluding carboxylic acids is 1. The zero-order valence-corrected chi connectivity index (χ0v) is 20.2. The standard InChI is InChI=1S/C24H29N5O3S/c1-16-5-7-22(17(2)13-16)33(31,32)28-11-9-20(10-12-28)24(30)26-21-6-8-23(25-15-21)29-19(4)14-18(3)27-29/h5-8,13-15,20H,9-12H2,1-4H3,(H,26,30). The molecule has 0 saturated carbocycles. The molecule has 1 amide bonds. The number of pyridine rings is 1. The van der Waals surface area contributed by atoms with Gasteiger partial charge in [-0.1, -0.05) is 17.7 Å². The van der Waals surface area contributed by atoms with Gasteiger partial charge < -0.3 is 5.32 Å². The van der Waals surface area contributed by atoms with Gasteiger partial charge in [-0.25, -0.2) is 18.1 Å². The summed E-state index contributed by atoms with van der Waals surface area (Å²) in [6, 6.07) is 11.0. The second-order valence-corrected chi connectivity index (χ2v) is 10.6. The van der Waals surface area contributed by atoms with Crippen molar-refractivity contribution in [2.24, 2.45) is 5.92 Å². The number of sulfonamides is 1. The molecule has 0 atom stereocenters. The quantitative estimate of drug-likeness (QED) is 0.619. The number of hydrogen-bond donors (Lipinski definition) is 1. The van der Waals surface area contributed by atoms with E-state index in [1.807, 2.05) is 52.0 Å². The minimum atomic E-state index is -3.57. The maximum Gasteiger partial charge on any atom is 0.243 e. The van der Waals surface area contributed by atoms with Crippen LogP contribution < -0.4 is 5.32 Å². The molecule has 0 unspecified atom stereocenters. The van der Waals surface area contributed by atoms with Crippen molar-refractivity contribution >= 4 is 21.6 Å². The maximum atomic E-state index is 13.1. The Bertz CT molecular complexity index is 1270. The van der Waals surface area contributed by atoms with Gasteiger partial charge in [0.05, 0.1) is 22.5 Å². The van der Waals surface area contributed by atoms with E-state index in [9.17, 15) is 13.2 Å². The lowest BCUT2D eigenvalue weighted by Gasteiger charge is -2.31. The zero-order valence-electron chi connectivity index (χ0n) is 19.4. The highest BCUT2D eigenvalue weighted by Gasteiger charge is 2.32. The number of benzene rings is 1. The third-order valence-corrected chi connectivity index (χ3v) is 8.07. The highest BCUT2D eigenvalue weighted by molar-refractivity contribution is 7.89. The van der Waals surface area contributed by atoms with Crippen LogP contribution in [0.3, 0.4) is 0 Å². The summed E-state index contributed by atoms with van der Waals surface area (Å²) in [5, 5.41) is 7.33. The Kier molecular flexibility index (Phi) is 6.36. The number of aryl methyl sites for hydroxylation is 4. The van der Waals surface area contributed by atoms with Crippen LogP contribution in [0.25, 0.3) is 5.82 Å². The van der Waals surface area contributed by atoms with Crippen LogP contribution in [0, 0.1) is 33.6 Å². The van der Waals surface area contributed by atoms with Gasteiger partial charge in [0.1, 0.15) is 0 Å². The molecule has 9 heteroatoms. The van der Waals surface area contributed by atoms with E-state index in [0.717, 1.165) is 22.5 Å². The number of hydrogen-bond acceptors (Lipinski definition) is 5. The maximum absolute atomic E-state index is 13.1. The SMILES string of the molecule is Cc1ccc(S(=O)(=O)N2CCC(C(=O)Nc3ccc(-n4nc(C)cc4C)nc3)CC2)c(C)c1. The van der Waals surface area contributed by atoms with E-state index in [1.165, 1.54) is 4.31 Å². The lowest BCUT2D eigenvalue weighted by molar-refractivity contribution is -0.120. The molecule has 1 aliphatic rings. The van der Waals surface area contributed by atoms with E-state index in [-0.39, 0.29) is 11.8 Å². The lowest BCUT2D eigenvalue weighted by atomic mass is 9.97. The van der Waals surface area contributed by atoms with Gasteiger partial charge >= 0.3 is 0 Å². The van der Waals surface area contributed by atoms with Crippen LogP contribution in [-0.4, -0.2) is 46.5 Å². The fourth-order valence-corrected chi connectivity index (χ4v) is 5.95. The first kappa shape index (κ1) is 23.1. The Morgan fingerprint density at radius 1 is 1.03 bits per heavy atom. The summed E-state index contributed by atoms with van der Waals surface area (Å²) in [7, 11) is -3.57. The van der Waals surface area contributed by atoms with E-state index >= 15 is 0 Å². The molecule has 0 radical (unpaired) electrons. The van der Waals surface area contributed by atoms with Gasteiger partial charge in [0.25, 0.3) is 0 Å². The first-order valence-electron chi connectivity index (χ1n) is 11.0.